The van der Waals surface area contributed by atoms with E-state index in [9.17, 15) is 0 Å². The second kappa shape index (κ2) is 4.94. The summed E-state index contributed by atoms with van der Waals surface area (Å²) >= 11 is 5.12. The summed E-state index contributed by atoms with van der Waals surface area (Å²) in [6, 6.07) is 0. The van der Waals surface area contributed by atoms with Crippen molar-refractivity contribution in [2.24, 2.45) is 0 Å². The maximum absolute atomic E-state index is 8.64. The fourth-order valence-corrected chi connectivity index (χ4v) is 0.910. The van der Waals surface area contributed by atoms with Gasteiger partial charge in [0.15, 0.2) is 0 Å². The lowest BCUT2D eigenvalue weighted by Crippen LogP contribution is -2.18. The van der Waals surface area contributed by atoms with E-state index in [0.29, 0.717) is 0 Å². The largest absolute Gasteiger partial charge is 0.353 e. The Balaban J connectivity index is 3.04. The molecule has 0 aromatic heterocycles. The highest BCUT2D eigenvalue weighted by Crippen LogP contribution is 2.15. The van der Waals surface area contributed by atoms with Gasteiger partial charge in [0.2, 0.25) is 5.25 Å². The Labute approximate surface area is 66.8 Å². The van der Waals surface area contributed by atoms with Crippen LogP contribution in [0, 0.1) is 0 Å². The topological polar surface area (TPSA) is 40.5 Å². The number of alkyl halides is 1. The zero-order chi connectivity index (χ0) is 8.04. The molecule has 0 bridgehead atoms. The van der Waals surface area contributed by atoms with Gasteiger partial charge in [-0.05, 0) is 6.42 Å². The summed E-state index contributed by atoms with van der Waals surface area (Å²) in [6.07, 6.45) is 4.34. The first-order chi connectivity index (χ1) is 4.56. The normalized spacial score (nSPS) is 12.0. The lowest BCUT2D eigenvalue weighted by Gasteiger charge is -2.11. The Morgan fingerprint density at radius 2 is 1.80 bits per heavy atom. The third kappa shape index (κ3) is 8.21. The highest BCUT2D eigenvalue weighted by molar-refractivity contribution is 6.21. The summed E-state index contributed by atoms with van der Waals surface area (Å²) in [5.74, 6) is 0. The third-order valence-corrected chi connectivity index (χ3v) is 1.54. The monoisotopic (exact) mass is 166 g/mol. The maximum Gasteiger partial charge on any atom is 0.243 e. The van der Waals surface area contributed by atoms with Gasteiger partial charge < -0.3 is 10.2 Å². The Kier molecular flexibility index (Phi) is 5.04. The molecule has 0 aliphatic carbocycles. The van der Waals surface area contributed by atoms with Gasteiger partial charge in [-0.15, -0.1) is 0 Å². The van der Waals surface area contributed by atoms with E-state index in [1.54, 1.807) is 0 Å². The minimum Gasteiger partial charge on any atom is -0.353 e. The quantitative estimate of drug-likeness (QED) is 0.372. The number of aliphatic hydroxyl groups is 2. The second-order valence-corrected chi connectivity index (χ2v) is 3.13. The first-order valence-corrected chi connectivity index (χ1v) is 4.07. The Hall–Kier alpha value is 0.210. The van der Waals surface area contributed by atoms with Crippen LogP contribution in [0.15, 0.2) is 0 Å². The van der Waals surface area contributed by atoms with Crippen molar-refractivity contribution >= 4 is 11.6 Å². The van der Waals surface area contributed by atoms with Crippen LogP contribution in [0.3, 0.4) is 0 Å². The van der Waals surface area contributed by atoms with E-state index < -0.39 is 5.25 Å². The fourth-order valence-electron chi connectivity index (χ4n) is 0.777. The molecule has 0 atom stereocenters. The lowest BCUT2D eigenvalue weighted by molar-refractivity contribution is -0.0906. The van der Waals surface area contributed by atoms with Crippen LogP contribution in [-0.4, -0.2) is 15.5 Å². The van der Waals surface area contributed by atoms with E-state index in [0.717, 1.165) is 25.7 Å². The van der Waals surface area contributed by atoms with Gasteiger partial charge in [-0.2, -0.15) is 0 Å². The summed E-state index contributed by atoms with van der Waals surface area (Å²) in [7, 11) is 0. The van der Waals surface area contributed by atoms with Crippen molar-refractivity contribution in [1.82, 2.24) is 0 Å². The first kappa shape index (κ1) is 10.2. The molecule has 0 saturated heterocycles. The molecule has 0 unspecified atom stereocenters. The van der Waals surface area contributed by atoms with Gasteiger partial charge in [0.25, 0.3) is 0 Å². The number of unbranched alkanes of at least 4 members (excludes halogenated alkanes) is 3. The van der Waals surface area contributed by atoms with Crippen LogP contribution < -0.4 is 0 Å². The van der Waals surface area contributed by atoms with Crippen LogP contribution in [0.1, 0.15) is 39.0 Å². The van der Waals surface area contributed by atoms with Gasteiger partial charge in [-0.1, -0.05) is 37.8 Å². The smallest absolute Gasteiger partial charge is 0.243 e. The molecule has 10 heavy (non-hydrogen) atoms. The minimum atomic E-state index is -1.98. The van der Waals surface area contributed by atoms with E-state index >= 15 is 0 Å². The highest BCUT2D eigenvalue weighted by atomic mass is 35.5. The molecule has 0 aliphatic rings. The fraction of sp³-hybridized carbons (Fsp3) is 1.00. The molecule has 0 amide bonds. The molecule has 0 aromatic rings. The van der Waals surface area contributed by atoms with E-state index in [4.69, 9.17) is 21.8 Å². The van der Waals surface area contributed by atoms with Gasteiger partial charge in [0, 0.05) is 6.42 Å². The first-order valence-electron chi connectivity index (χ1n) is 3.70. The van der Waals surface area contributed by atoms with Crippen LogP contribution in [0.25, 0.3) is 0 Å². The number of hydrogen-bond acceptors (Lipinski definition) is 2. The molecule has 0 radical (unpaired) electrons. The molecular formula is C7H15ClO2. The Morgan fingerprint density at radius 3 is 2.20 bits per heavy atom. The molecule has 0 rings (SSSR count). The van der Waals surface area contributed by atoms with Crippen LogP contribution in [-0.2, 0) is 0 Å². The number of rotatable bonds is 5. The lowest BCUT2D eigenvalue weighted by atomic mass is 10.1. The Morgan fingerprint density at radius 1 is 1.20 bits per heavy atom. The van der Waals surface area contributed by atoms with E-state index in [1.807, 2.05) is 0 Å². The molecule has 2 nitrogen and oxygen atoms in total. The van der Waals surface area contributed by atoms with Crippen molar-refractivity contribution in [3.05, 3.63) is 0 Å². The average Bonchev–Trinajstić information content (AvgIpc) is 1.78. The van der Waals surface area contributed by atoms with Crippen molar-refractivity contribution in [2.45, 2.75) is 44.3 Å². The molecule has 0 fully saturated rings. The molecule has 62 valence electrons. The van der Waals surface area contributed by atoms with Gasteiger partial charge in [0.05, 0.1) is 0 Å². The van der Waals surface area contributed by atoms with Gasteiger partial charge in [0.1, 0.15) is 0 Å². The van der Waals surface area contributed by atoms with Gasteiger partial charge in [-0.3, -0.25) is 0 Å². The van der Waals surface area contributed by atoms with Crippen molar-refractivity contribution in [3.8, 4) is 0 Å². The van der Waals surface area contributed by atoms with Crippen molar-refractivity contribution < 1.29 is 10.2 Å². The minimum absolute atomic E-state index is 0.258. The van der Waals surface area contributed by atoms with Crippen molar-refractivity contribution in [2.75, 3.05) is 0 Å². The molecule has 0 heterocycles. The second-order valence-electron chi connectivity index (χ2n) is 2.53. The predicted octanol–water partition coefficient (Wildman–Crippen LogP) is 1.83. The molecule has 0 aromatic carbocycles. The third-order valence-electron chi connectivity index (χ3n) is 1.35. The van der Waals surface area contributed by atoms with Crippen molar-refractivity contribution in [3.63, 3.8) is 0 Å². The summed E-state index contributed by atoms with van der Waals surface area (Å²) in [4.78, 5) is 0. The summed E-state index contributed by atoms with van der Waals surface area (Å²) in [5, 5.41) is 15.3. The standard InChI is InChI=1S/C7H15ClO2/c1-2-3-4-5-6-7(8,9)10/h9-10H,2-6H2,1H3. The van der Waals surface area contributed by atoms with Crippen LogP contribution in [0.2, 0.25) is 0 Å². The number of halogens is 1. The Bertz CT molecular complexity index is 78.2. The zero-order valence-electron chi connectivity index (χ0n) is 6.31. The van der Waals surface area contributed by atoms with Crippen molar-refractivity contribution in [1.29, 1.82) is 0 Å². The number of hydrogen-bond donors (Lipinski definition) is 2. The summed E-state index contributed by atoms with van der Waals surface area (Å²) < 4.78 is 0. The van der Waals surface area contributed by atoms with Crippen LogP contribution in [0.4, 0.5) is 0 Å². The van der Waals surface area contributed by atoms with Gasteiger partial charge >= 0.3 is 0 Å². The summed E-state index contributed by atoms with van der Waals surface area (Å²) in [6.45, 7) is 2.10. The van der Waals surface area contributed by atoms with E-state index in [-0.39, 0.29) is 6.42 Å². The molecule has 0 spiro atoms. The SMILES string of the molecule is CCCCCCC(O)(O)Cl. The summed E-state index contributed by atoms with van der Waals surface area (Å²) in [5.41, 5.74) is 0. The molecular weight excluding hydrogens is 152 g/mol. The predicted molar refractivity (Wildman–Crippen MR) is 41.8 cm³/mol. The average molecular weight is 167 g/mol. The van der Waals surface area contributed by atoms with E-state index in [2.05, 4.69) is 6.92 Å². The van der Waals surface area contributed by atoms with E-state index in [1.165, 1.54) is 0 Å². The maximum atomic E-state index is 8.64. The van der Waals surface area contributed by atoms with Crippen LogP contribution in [0.5, 0.6) is 0 Å². The highest BCUT2D eigenvalue weighted by Gasteiger charge is 2.16. The molecule has 3 heteroatoms. The molecule has 0 saturated carbocycles. The zero-order valence-corrected chi connectivity index (χ0v) is 7.06. The molecule has 0 aliphatic heterocycles. The van der Waals surface area contributed by atoms with Crippen LogP contribution >= 0.6 is 11.6 Å². The van der Waals surface area contributed by atoms with Gasteiger partial charge in [-0.25, -0.2) is 0 Å². The molecule has 2 N–H and O–H groups in total.